The van der Waals surface area contributed by atoms with Crippen molar-refractivity contribution in [2.45, 2.75) is 56.1 Å². The number of anilines is 1. The molecule has 240 valence electrons. The number of hydrogen-bond donors (Lipinski definition) is 1. The predicted molar refractivity (Wildman–Crippen MR) is 154 cm³/mol. The first-order chi connectivity index (χ1) is 21.5. The number of nitrogens with zero attached hydrogens (tertiary/aromatic N) is 3. The van der Waals surface area contributed by atoms with Crippen LogP contribution in [-0.4, -0.2) is 63.6 Å². The number of carbonyl (C=O) groups excluding carboxylic acids is 1. The minimum absolute atomic E-state index is 0.0534. The number of amides is 1. The molecule has 0 spiro atoms. The number of aromatic nitrogens is 1. The molecule has 1 aliphatic heterocycles. The molecule has 15 heteroatoms. The van der Waals surface area contributed by atoms with Crippen LogP contribution in [0.25, 0.3) is 0 Å². The standard InChI is InChI=1S/C30H30F4N4O6S/c1-2-45(40,41)25-10-5-19(6-11-25)26(13-14-35)37-28(39)20-3-7-21(8-4-20)38-17-24(15-22(38)18-42-29(31)32)43-23-9-12-27(36-16-23)44-30(33)34/h3-12,16,22,24,26,29-30H,2,13,15,17-18H2,1H3,(H,37,39)/t22-,24-,26-/m0/s1. The highest BCUT2D eigenvalue weighted by Crippen LogP contribution is 2.30. The molecule has 1 saturated heterocycles. The van der Waals surface area contributed by atoms with E-state index in [2.05, 4.69) is 19.8 Å². The Morgan fingerprint density at radius 1 is 1.07 bits per heavy atom. The Labute approximate surface area is 257 Å². The molecular weight excluding hydrogens is 620 g/mol. The van der Waals surface area contributed by atoms with Gasteiger partial charge in [-0.2, -0.15) is 22.8 Å². The first-order valence-electron chi connectivity index (χ1n) is 13.8. The van der Waals surface area contributed by atoms with Crippen molar-refractivity contribution in [1.29, 1.82) is 5.26 Å². The quantitative estimate of drug-likeness (QED) is 0.236. The first-order valence-corrected chi connectivity index (χ1v) is 15.5. The first kappa shape index (κ1) is 33.5. The van der Waals surface area contributed by atoms with Crippen molar-refractivity contribution in [3.63, 3.8) is 0 Å². The van der Waals surface area contributed by atoms with Gasteiger partial charge in [-0.25, -0.2) is 13.4 Å². The van der Waals surface area contributed by atoms with Crippen LogP contribution in [0.4, 0.5) is 23.2 Å². The zero-order valence-electron chi connectivity index (χ0n) is 24.0. The van der Waals surface area contributed by atoms with Gasteiger partial charge in [-0.1, -0.05) is 19.1 Å². The smallest absolute Gasteiger partial charge is 0.388 e. The third kappa shape index (κ3) is 9.05. The van der Waals surface area contributed by atoms with Gasteiger partial charge in [0.2, 0.25) is 5.88 Å². The monoisotopic (exact) mass is 650 g/mol. The zero-order chi connectivity index (χ0) is 32.6. The maximum atomic E-state index is 13.1. The number of carbonyl (C=O) groups is 1. The number of nitriles is 1. The zero-order valence-corrected chi connectivity index (χ0v) is 24.8. The van der Waals surface area contributed by atoms with Gasteiger partial charge in [0.05, 0.1) is 54.6 Å². The van der Waals surface area contributed by atoms with E-state index in [9.17, 15) is 36.0 Å². The van der Waals surface area contributed by atoms with Gasteiger partial charge in [0.1, 0.15) is 11.9 Å². The Bertz CT molecular complexity index is 1570. The Hall–Kier alpha value is -4.42. The molecule has 4 rings (SSSR count). The Kier molecular flexibility index (Phi) is 11.2. The average Bonchev–Trinajstić information content (AvgIpc) is 3.43. The van der Waals surface area contributed by atoms with Gasteiger partial charge < -0.3 is 24.4 Å². The minimum atomic E-state index is -3.41. The van der Waals surface area contributed by atoms with Crippen molar-refractivity contribution in [2.24, 2.45) is 0 Å². The number of hydrogen-bond acceptors (Lipinski definition) is 9. The van der Waals surface area contributed by atoms with Crippen LogP contribution in [0.3, 0.4) is 0 Å². The molecule has 3 atom stereocenters. The van der Waals surface area contributed by atoms with Crippen LogP contribution in [-0.2, 0) is 14.6 Å². The number of alkyl halides is 4. The summed E-state index contributed by atoms with van der Waals surface area (Å²) in [6, 6.07) is 15.9. The molecule has 0 aliphatic carbocycles. The molecule has 0 saturated carbocycles. The lowest BCUT2D eigenvalue weighted by molar-refractivity contribution is -0.131. The van der Waals surface area contributed by atoms with E-state index in [4.69, 9.17) is 4.74 Å². The summed E-state index contributed by atoms with van der Waals surface area (Å²) in [7, 11) is -3.41. The summed E-state index contributed by atoms with van der Waals surface area (Å²) in [6.45, 7) is -4.49. The Balaban J connectivity index is 1.44. The summed E-state index contributed by atoms with van der Waals surface area (Å²) in [5.41, 5.74) is 1.45. The number of pyridine rings is 1. The van der Waals surface area contributed by atoms with Gasteiger partial charge in [0.15, 0.2) is 9.84 Å². The van der Waals surface area contributed by atoms with E-state index in [1.165, 1.54) is 37.4 Å². The van der Waals surface area contributed by atoms with E-state index in [0.717, 1.165) is 0 Å². The normalized spacial score (nSPS) is 17.2. The van der Waals surface area contributed by atoms with E-state index in [-0.39, 0.29) is 47.4 Å². The molecule has 2 aromatic carbocycles. The number of halogens is 4. The predicted octanol–water partition coefficient (Wildman–Crippen LogP) is 5.13. The number of nitrogens with one attached hydrogen (secondary N) is 1. The van der Waals surface area contributed by atoms with Crippen LogP contribution in [0.15, 0.2) is 71.8 Å². The molecule has 2 heterocycles. The van der Waals surface area contributed by atoms with Gasteiger partial charge in [-0.05, 0) is 48.0 Å². The Morgan fingerprint density at radius 3 is 2.36 bits per heavy atom. The highest BCUT2D eigenvalue weighted by molar-refractivity contribution is 7.91. The second kappa shape index (κ2) is 15.0. The summed E-state index contributed by atoms with van der Waals surface area (Å²) in [5.74, 6) is -0.535. The molecule has 1 aliphatic rings. The second-order valence-corrected chi connectivity index (χ2v) is 12.3. The molecule has 0 bridgehead atoms. The van der Waals surface area contributed by atoms with E-state index in [1.807, 2.05) is 6.07 Å². The summed E-state index contributed by atoms with van der Waals surface area (Å²) < 4.78 is 89.5. The van der Waals surface area contributed by atoms with Crippen LogP contribution in [0.5, 0.6) is 11.6 Å². The van der Waals surface area contributed by atoms with Crippen molar-refractivity contribution < 1.29 is 45.0 Å². The van der Waals surface area contributed by atoms with Crippen molar-refractivity contribution in [3.05, 3.63) is 78.0 Å². The topological polar surface area (TPSA) is 131 Å². The van der Waals surface area contributed by atoms with Gasteiger partial charge >= 0.3 is 13.2 Å². The maximum absolute atomic E-state index is 13.1. The molecule has 0 unspecified atom stereocenters. The van der Waals surface area contributed by atoms with Crippen molar-refractivity contribution in [3.8, 4) is 17.7 Å². The van der Waals surface area contributed by atoms with Gasteiger partial charge in [-0.15, -0.1) is 0 Å². The van der Waals surface area contributed by atoms with Gasteiger partial charge in [-0.3, -0.25) is 4.79 Å². The summed E-state index contributed by atoms with van der Waals surface area (Å²) >= 11 is 0. The average molecular weight is 651 g/mol. The van der Waals surface area contributed by atoms with E-state index in [0.29, 0.717) is 17.7 Å². The molecule has 3 aromatic rings. The Morgan fingerprint density at radius 2 is 1.78 bits per heavy atom. The molecule has 1 N–H and O–H groups in total. The van der Waals surface area contributed by atoms with E-state index >= 15 is 0 Å². The summed E-state index contributed by atoms with van der Waals surface area (Å²) in [4.78, 5) is 18.8. The molecule has 45 heavy (non-hydrogen) atoms. The van der Waals surface area contributed by atoms with Crippen LogP contribution in [0, 0.1) is 11.3 Å². The summed E-state index contributed by atoms with van der Waals surface area (Å²) in [6.07, 6.45) is 0.994. The summed E-state index contributed by atoms with van der Waals surface area (Å²) in [5, 5.41) is 12.1. The molecule has 1 aromatic heterocycles. The number of sulfone groups is 1. The van der Waals surface area contributed by atoms with Crippen molar-refractivity contribution in [1.82, 2.24) is 10.3 Å². The molecule has 1 amide bonds. The van der Waals surface area contributed by atoms with Crippen molar-refractivity contribution >= 4 is 21.4 Å². The SMILES string of the molecule is CCS(=O)(=O)c1ccc([C@H](CC#N)NC(=O)c2ccc(N3C[C@@H](Oc4ccc(OC(F)F)nc4)C[C@H]3COC(F)F)cc2)cc1. The highest BCUT2D eigenvalue weighted by atomic mass is 32.2. The second-order valence-electron chi connectivity index (χ2n) is 9.99. The number of ether oxygens (including phenoxy) is 3. The fourth-order valence-corrected chi connectivity index (χ4v) is 5.75. The fourth-order valence-electron chi connectivity index (χ4n) is 4.87. The van der Waals surface area contributed by atoms with Crippen molar-refractivity contribution in [2.75, 3.05) is 23.8 Å². The molecular formula is C30H30F4N4O6S. The van der Waals surface area contributed by atoms with Crippen LogP contribution < -0.4 is 19.7 Å². The van der Waals surface area contributed by atoms with Gasteiger partial charge in [0, 0.05) is 23.7 Å². The molecule has 10 nitrogen and oxygen atoms in total. The van der Waals surface area contributed by atoms with E-state index < -0.39 is 47.2 Å². The largest absolute Gasteiger partial charge is 0.487 e. The number of rotatable bonds is 14. The highest BCUT2D eigenvalue weighted by Gasteiger charge is 2.34. The van der Waals surface area contributed by atoms with Crippen LogP contribution in [0.1, 0.15) is 41.7 Å². The van der Waals surface area contributed by atoms with Gasteiger partial charge in [0.25, 0.3) is 5.91 Å². The fraction of sp³-hybridized carbons (Fsp3) is 0.367. The lowest BCUT2D eigenvalue weighted by atomic mass is 10.0. The molecule has 1 fully saturated rings. The van der Waals surface area contributed by atoms with Crippen LogP contribution >= 0.6 is 0 Å². The third-order valence-corrected chi connectivity index (χ3v) is 8.85. The lowest BCUT2D eigenvalue weighted by Gasteiger charge is -2.26. The van der Waals surface area contributed by atoms with Crippen LogP contribution in [0.2, 0.25) is 0 Å². The lowest BCUT2D eigenvalue weighted by Crippen LogP contribution is -2.34. The minimum Gasteiger partial charge on any atom is -0.487 e. The molecule has 0 radical (unpaired) electrons. The van der Waals surface area contributed by atoms with E-state index in [1.54, 1.807) is 41.3 Å². The maximum Gasteiger partial charge on any atom is 0.388 e. The third-order valence-electron chi connectivity index (χ3n) is 7.10. The number of benzene rings is 2.